The fourth-order valence-electron chi connectivity index (χ4n) is 1.55. The molecular weight excluding hydrogens is 298 g/mol. The van der Waals surface area contributed by atoms with Gasteiger partial charge < -0.3 is 11.1 Å². The van der Waals surface area contributed by atoms with Crippen LogP contribution in [0.25, 0.3) is 0 Å². The highest BCUT2D eigenvalue weighted by molar-refractivity contribution is 7.90. The van der Waals surface area contributed by atoms with E-state index in [9.17, 15) is 23.3 Å². The van der Waals surface area contributed by atoms with Gasteiger partial charge in [0.25, 0.3) is 11.6 Å². The molecule has 21 heavy (non-hydrogen) atoms. The van der Waals surface area contributed by atoms with Crippen LogP contribution in [0.3, 0.4) is 0 Å². The topological polar surface area (TPSA) is 132 Å². The van der Waals surface area contributed by atoms with Gasteiger partial charge in [-0.05, 0) is 19.4 Å². The molecule has 0 heterocycles. The van der Waals surface area contributed by atoms with Crippen LogP contribution in [0.2, 0.25) is 0 Å². The van der Waals surface area contributed by atoms with Crippen LogP contribution in [-0.4, -0.2) is 38.1 Å². The number of nitro benzene ring substituents is 1. The van der Waals surface area contributed by atoms with E-state index in [4.69, 9.17) is 5.73 Å². The monoisotopic (exact) mass is 315 g/mol. The molecule has 0 spiro atoms. The van der Waals surface area contributed by atoms with Crippen LogP contribution in [0, 0.1) is 10.1 Å². The summed E-state index contributed by atoms with van der Waals surface area (Å²) in [5.41, 5.74) is 5.02. The van der Waals surface area contributed by atoms with E-state index in [1.54, 1.807) is 6.92 Å². The first kappa shape index (κ1) is 17.1. The zero-order chi connectivity index (χ0) is 16.2. The number of sulfone groups is 1. The maximum absolute atomic E-state index is 11.9. The molecule has 0 fully saturated rings. The van der Waals surface area contributed by atoms with Crippen LogP contribution in [0.15, 0.2) is 23.1 Å². The third-order valence-electron chi connectivity index (χ3n) is 2.68. The Labute approximate surface area is 122 Å². The summed E-state index contributed by atoms with van der Waals surface area (Å²) in [5, 5.41) is 13.4. The van der Waals surface area contributed by atoms with Gasteiger partial charge in [-0.2, -0.15) is 0 Å². The van der Waals surface area contributed by atoms with E-state index < -0.39 is 26.4 Å². The molecule has 0 saturated heterocycles. The molecule has 1 amide bonds. The fraction of sp³-hybridized carbons (Fsp3) is 0.417. The summed E-state index contributed by atoms with van der Waals surface area (Å²) in [4.78, 5) is 21.7. The summed E-state index contributed by atoms with van der Waals surface area (Å²) < 4.78 is 23.0. The normalized spacial score (nSPS) is 12.7. The standard InChI is InChI=1S/C12H17N3O5S/c1-8(13)3-4-14-12(16)9-5-10(15(17)18)7-11(6-9)21(2,19)20/h5-8H,3-4,13H2,1-2H3,(H,14,16). The summed E-state index contributed by atoms with van der Waals surface area (Å²) in [6.45, 7) is 2.08. The van der Waals surface area contributed by atoms with Gasteiger partial charge in [-0.25, -0.2) is 8.42 Å². The number of nitrogens with two attached hydrogens (primary N) is 1. The Bertz CT molecular complexity index is 655. The highest BCUT2D eigenvalue weighted by atomic mass is 32.2. The summed E-state index contributed by atoms with van der Waals surface area (Å²) in [5.74, 6) is -0.579. The lowest BCUT2D eigenvalue weighted by atomic mass is 10.2. The second-order valence-electron chi connectivity index (χ2n) is 4.77. The molecule has 1 atom stereocenters. The summed E-state index contributed by atoms with van der Waals surface area (Å²) in [7, 11) is -3.65. The molecular formula is C12H17N3O5S. The third kappa shape index (κ3) is 5.12. The van der Waals surface area contributed by atoms with Crippen LogP contribution in [0.1, 0.15) is 23.7 Å². The molecule has 9 heteroatoms. The second-order valence-corrected chi connectivity index (χ2v) is 6.78. The van der Waals surface area contributed by atoms with E-state index in [1.807, 2.05) is 0 Å². The first-order valence-corrected chi connectivity index (χ1v) is 8.03. The SMILES string of the molecule is CC(N)CCNC(=O)c1cc([N+](=O)[O-])cc(S(C)(=O)=O)c1. The van der Waals surface area contributed by atoms with Gasteiger partial charge in [-0.3, -0.25) is 14.9 Å². The van der Waals surface area contributed by atoms with Gasteiger partial charge in [0.05, 0.1) is 9.82 Å². The number of carbonyl (C=O) groups is 1. The number of benzene rings is 1. The average molecular weight is 315 g/mol. The molecule has 0 radical (unpaired) electrons. The van der Waals surface area contributed by atoms with Crippen molar-refractivity contribution in [2.45, 2.75) is 24.3 Å². The van der Waals surface area contributed by atoms with Crippen molar-refractivity contribution < 1.29 is 18.1 Å². The Balaban J connectivity index is 3.09. The Hall–Kier alpha value is -2.00. The molecule has 1 aromatic carbocycles. The molecule has 1 rings (SSSR count). The van der Waals surface area contributed by atoms with Crippen LogP contribution < -0.4 is 11.1 Å². The number of carbonyl (C=O) groups excluding carboxylic acids is 1. The summed E-state index contributed by atoms with van der Waals surface area (Å²) >= 11 is 0. The number of hydrogen-bond acceptors (Lipinski definition) is 6. The van der Waals surface area contributed by atoms with E-state index >= 15 is 0 Å². The van der Waals surface area contributed by atoms with Gasteiger partial charge in [0.2, 0.25) is 0 Å². The van der Waals surface area contributed by atoms with Gasteiger partial charge in [0.1, 0.15) is 0 Å². The van der Waals surface area contributed by atoms with E-state index in [0.717, 1.165) is 24.5 Å². The molecule has 0 saturated carbocycles. The van der Waals surface area contributed by atoms with Crippen LogP contribution in [-0.2, 0) is 9.84 Å². The number of non-ortho nitro benzene ring substituents is 1. The van der Waals surface area contributed by atoms with E-state index in [2.05, 4.69) is 5.32 Å². The molecule has 0 aliphatic rings. The number of amides is 1. The number of nitrogens with zero attached hydrogens (tertiary/aromatic N) is 1. The summed E-state index contributed by atoms with van der Waals surface area (Å²) in [6, 6.07) is 2.98. The van der Waals surface area contributed by atoms with E-state index in [-0.39, 0.29) is 16.5 Å². The largest absolute Gasteiger partial charge is 0.352 e. The predicted octanol–water partition coefficient (Wildman–Crippen LogP) is 0.465. The highest BCUT2D eigenvalue weighted by Crippen LogP contribution is 2.20. The molecule has 0 bridgehead atoms. The Morgan fingerprint density at radius 3 is 2.52 bits per heavy atom. The van der Waals surface area contributed by atoms with Crippen LogP contribution >= 0.6 is 0 Å². The minimum absolute atomic E-state index is 0.0747. The number of hydrogen-bond donors (Lipinski definition) is 2. The predicted molar refractivity (Wildman–Crippen MR) is 76.8 cm³/mol. The highest BCUT2D eigenvalue weighted by Gasteiger charge is 2.18. The van der Waals surface area contributed by atoms with Crippen molar-refractivity contribution >= 4 is 21.4 Å². The molecule has 0 aliphatic heterocycles. The van der Waals surface area contributed by atoms with Gasteiger partial charge in [0.15, 0.2) is 9.84 Å². The molecule has 116 valence electrons. The van der Waals surface area contributed by atoms with Crippen molar-refractivity contribution in [3.8, 4) is 0 Å². The number of rotatable bonds is 6. The van der Waals surface area contributed by atoms with Crippen molar-refractivity contribution in [1.29, 1.82) is 0 Å². The smallest absolute Gasteiger partial charge is 0.271 e. The fourth-order valence-corrected chi connectivity index (χ4v) is 2.23. The zero-order valence-corrected chi connectivity index (χ0v) is 12.5. The third-order valence-corrected chi connectivity index (χ3v) is 3.77. The Kier molecular flexibility index (Phi) is 5.39. The van der Waals surface area contributed by atoms with Gasteiger partial charge in [-0.1, -0.05) is 0 Å². The number of nitro groups is 1. The lowest BCUT2D eigenvalue weighted by molar-refractivity contribution is -0.385. The molecule has 3 N–H and O–H groups in total. The zero-order valence-electron chi connectivity index (χ0n) is 11.7. The van der Waals surface area contributed by atoms with E-state index in [0.29, 0.717) is 13.0 Å². The summed E-state index contributed by atoms with van der Waals surface area (Å²) in [6.07, 6.45) is 1.46. The molecule has 0 aliphatic carbocycles. The minimum atomic E-state index is -3.65. The lowest BCUT2D eigenvalue weighted by Gasteiger charge is -2.08. The molecule has 8 nitrogen and oxygen atoms in total. The van der Waals surface area contributed by atoms with Gasteiger partial charge >= 0.3 is 0 Å². The lowest BCUT2D eigenvalue weighted by Crippen LogP contribution is -2.29. The Morgan fingerprint density at radius 2 is 2.05 bits per heavy atom. The van der Waals surface area contributed by atoms with Crippen molar-refractivity contribution in [2.75, 3.05) is 12.8 Å². The van der Waals surface area contributed by atoms with Crippen molar-refractivity contribution in [2.24, 2.45) is 5.73 Å². The Morgan fingerprint density at radius 1 is 1.43 bits per heavy atom. The number of nitrogens with one attached hydrogen (secondary N) is 1. The first-order valence-electron chi connectivity index (χ1n) is 6.14. The maximum atomic E-state index is 11.9. The second kappa shape index (κ2) is 6.64. The molecule has 0 aromatic heterocycles. The van der Waals surface area contributed by atoms with Crippen molar-refractivity contribution in [1.82, 2.24) is 5.32 Å². The quantitative estimate of drug-likeness (QED) is 0.579. The molecule has 1 unspecified atom stereocenters. The minimum Gasteiger partial charge on any atom is -0.352 e. The van der Waals surface area contributed by atoms with Crippen LogP contribution in [0.5, 0.6) is 0 Å². The van der Waals surface area contributed by atoms with Crippen molar-refractivity contribution in [3.63, 3.8) is 0 Å². The molecule has 1 aromatic rings. The van der Waals surface area contributed by atoms with Gasteiger partial charge in [-0.15, -0.1) is 0 Å². The maximum Gasteiger partial charge on any atom is 0.271 e. The van der Waals surface area contributed by atoms with Crippen LogP contribution in [0.4, 0.5) is 5.69 Å². The van der Waals surface area contributed by atoms with Crippen molar-refractivity contribution in [3.05, 3.63) is 33.9 Å². The van der Waals surface area contributed by atoms with Gasteiger partial charge in [0, 0.05) is 36.5 Å². The van der Waals surface area contributed by atoms with E-state index in [1.165, 1.54) is 0 Å². The average Bonchev–Trinajstić information content (AvgIpc) is 2.36. The first-order chi connectivity index (χ1) is 9.61.